The van der Waals surface area contributed by atoms with E-state index < -0.39 is 7.12 Å². The zero-order valence-corrected chi connectivity index (χ0v) is 8.73. The Morgan fingerprint density at radius 2 is 2.20 bits per heavy atom. The van der Waals surface area contributed by atoms with Gasteiger partial charge in [-0.15, -0.1) is 0 Å². The molecule has 1 aliphatic heterocycles. The van der Waals surface area contributed by atoms with Crippen molar-refractivity contribution in [2.24, 2.45) is 0 Å². The summed E-state index contributed by atoms with van der Waals surface area (Å²) in [5.41, 5.74) is 1.40. The number of fused-ring (bicyclic) bond motifs is 1. The topological polar surface area (TPSA) is 58.9 Å². The SMILES string of the molecule is CC(C)Oc1c(O)ccc2c1B(O)OC2. The van der Waals surface area contributed by atoms with Crippen molar-refractivity contribution in [1.82, 2.24) is 0 Å². The average Bonchev–Trinajstić information content (AvgIpc) is 2.52. The molecule has 2 N–H and O–H groups in total. The van der Waals surface area contributed by atoms with Gasteiger partial charge in [0.1, 0.15) is 0 Å². The lowest BCUT2D eigenvalue weighted by Crippen LogP contribution is -2.30. The van der Waals surface area contributed by atoms with Gasteiger partial charge in [0.05, 0.1) is 12.7 Å². The zero-order chi connectivity index (χ0) is 11.0. The van der Waals surface area contributed by atoms with Crippen molar-refractivity contribution >= 4 is 12.6 Å². The quantitative estimate of drug-likeness (QED) is 0.690. The van der Waals surface area contributed by atoms with Crippen LogP contribution in [-0.4, -0.2) is 23.4 Å². The highest BCUT2D eigenvalue weighted by atomic mass is 16.5. The van der Waals surface area contributed by atoms with E-state index in [1.54, 1.807) is 12.1 Å². The number of rotatable bonds is 2. The lowest BCUT2D eigenvalue weighted by atomic mass is 9.78. The number of hydrogen-bond acceptors (Lipinski definition) is 4. The van der Waals surface area contributed by atoms with E-state index >= 15 is 0 Å². The van der Waals surface area contributed by atoms with Gasteiger partial charge in [0.2, 0.25) is 0 Å². The van der Waals surface area contributed by atoms with Crippen LogP contribution in [0.4, 0.5) is 0 Å². The number of hydrogen-bond donors (Lipinski definition) is 2. The third-order valence-electron chi connectivity index (χ3n) is 2.26. The van der Waals surface area contributed by atoms with Crippen molar-refractivity contribution in [3.05, 3.63) is 17.7 Å². The molecule has 0 aromatic heterocycles. The minimum absolute atomic E-state index is 0.0343. The molecule has 0 aliphatic carbocycles. The predicted molar refractivity (Wildman–Crippen MR) is 56.3 cm³/mol. The first kappa shape index (κ1) is 10.3. The van der Waals surface area contributed by atoms with Gasteiger partial charge in [-0.25, -0.2) is 0 Å². The number of ether oxygens (including phenoxy) is 1. The molecule has 0 saturated carbocycles. The van der Waals surface area contributed by atoms with E-state index in [1.165, 1.54) is 0 Å². The minimum Gasteiger partial charge on any atom is -0.504 e. The summed E-state index contributed by atoms with van der Waals surface area (Å²) < 4.78 is 10.5. The normalized spacial score (nSPS) is 14.5. The second-order valence-electron chi connectivity index (χ2n) is 3.82. The maximum absolute atomic E-state index is 9.65. The molecule has 1 heterocycles. The molecule has 5 heteroatoms. The van der Waals surface area contributed by atoms with E-state index in [9.17, 15) is 10.1 Å². The van der Waals surface area contributed by atoms with Crippen LogP contribution in [0.5, 0.6) is 11.5 Å². The summed E-state index contributed by atoms with van der Waals surface area (Å²) in [6.45, 7) is 4.08. The van der Waals surface area contributed by atoms with Gasteiger partial charge < -0.3 is 19.5 Å². The molecule has 2 rings (SSSR count). The molecule has 0 atom stereocenters. The maximum Gasteiger partial charge on any atom is 0.495 e. The van der Waals surface area contributed by atoms with Crippen molar-refractivity contribution < 1.29 is 19.5 Å². The van der Waals surface area contributed by atoms with Crippen molar-refractivity contribution in [2.75, 3.05) is 0 Å². The summed E-state index contributed by atoms with van der Waals surface area (Å²) in [6, 6.07) is 3.28. The Balaban J connectivity index is 2.47. The molecule has 4 nitrogen and oxygen atoms in total. The summed E-state index contributed by atoms with van der Waals surface area (Å²) >= 11 is 0. The fourth-order valence-electron chi connectivity index (χ4n) is 1.64. The molecule has 0 radical (unpaired) electrons. The van der Waals surface area contributed by atoms with Gasteiger partial charge in [0.15, 0.2) is 11.5 Å². The number of aromatic hydroxyl groups is 1. The highest BCUT2D eigenvalue weighted by molar-refractivity contribution is 6.62. The van der Waals surface area contributed by atoms with Crippen molar-refractivity contribution in [1.29, 1.82) is 0 Å². The van der Waals surface area contributed by atoms with E-state index in [4.69, 9.17) is 9.39 Å². The van der Waals surface area contributed by atoms with Crippen LogP contribution < -0.4 is 10.2 Å². The highest BCUT2D eigenvalue weighted by Gasteiger charge is 2.33. The van der Waals surface area contributed by atoms with Crippen molar-refractivity contribution in [3.8, 4) is 11.5 Å². The van der Waals surface area contributed by atoms with Crippen LogP contribution in [0.2, 0.25) is 0 Å². The van der Waals surface area contributed by atoms with Gasteiger partial charge in [-0.05, 0) is 25.5 Å². The van der Waals surface area contributed by atoms with Crippen LogP contribution in [0, 0.1) is 0 Å². The fraction of sp³-hybridized carbons (Fsp3) is 0.400. The molecular formula is C10H13BO4. The van der Waals surface area contributed by atoms with Crippen LogP contribution in [-0.2, 0) is 11.3 Å². The van der Waals surface area contributed by atoms with E-state index in [1.807, 2.05) is 13.8 Å². The van der Waals surface area contributed by atoms with E-state index in [-0.39, 0.29) is 11.9 Å². The van der Waals surface area contributed by atoms with Crippen LogP contribution in [0.25, 0.3) is 0 Å². The Hall–Kier alpha value is -1.20. The van der Waals surface area contributed by atoms with Gasteiger partial charge in [-0.1, -0.05) is 6.07 Å². The lowest BCUT2D eigenvalue weighted by Gasteiger charge is -2.14. The minimum atomic E-state index is -0.999. The molecule has 15 heavy (non-hydrogen) atoms. The monoisotopic (exact) mass is 208 g/mol. The third kappa shape index (κ3) is 1.80. The largest absolute Gasteiger partial charge is 0.504 e. The van der Waals surface area contributed by atoms with Gasteiger partial charge in [-0.2, -0.15) is 0 Å². The third-order valence-corrected chi connectivity index (χ3v) is 2.26. The second-order valence-corrected chi connectivity index (χ2v) is 3.82. The molecule has 0 fully saturated rings. The first-order valence-corrected chi connectivity index (χ1v) is 4.90. The van der Waals surface area contributed by atoms with Crippen LogP contribution in [0.1, 0.15) is 19.4 Å². The van der Waals surface area contributed by atoms with Crippen molar-refractivity contribution in [3.63, 3.8) is 0 Å². The molecule has 0 unspecified atom stereocenters. The number of phenols is 1. The van der Waals surface area contributed by atoms with Gasteiger partial charge in [0, 0.05) is 5.46 Å². The molecule has 1 aromatic rings. The number of phenolic OH excluding ortho intramolecular Hbond substituents is 1. The summed E-state index contributed by atoms with van der Waals surface area (Å²) in [5, 5.41) is 19.2. The van der Waals surface area contributed by atoms with E-state index in [2.05, 4.69) is 0 Å². The Kier molecular flexibility index (Phi) is 2.58. The van der Waals surface area contributed by atoms with Gasteiger partial charge in [0.25, 0.3) is 0 Å². The Bertz CT molecular complexity index is 378. The van der Waals surface area contributed by atoms with E-state index in [0.29, 0.717) is 17.8 Å². The lowest BCUT2D eigenvalue weighted by molar-refractivity contribution is 0.233. The zero-order valence-electron chi connectivity index (χ0n) is 8.73. The van der Waals surface area contributed by atoms with Crippen molar-refractivity contribution in [2.45, 2.75) is 26.6 Å². The average molecular weight is 208 g/mol. The van der Waals surface area contributed by atoms with Crippen LogP contribution >= 0.6 is 0 Å². The first-order valence-electron chi connectivity index (χ1n) is 4.90. The predicted octanol–water partition coefficient (Wildman–Crippen LogP) is 0.397. The Morgan fingerprint density at radius 3 is 2.87 bits per heavy atom. The highest BCUT2D eigenvalue weighted by Crippen LogP contribution is 2.29. The standard InChI is InChI=1S/C10H13BO4/c1-6(2)15-10-8(12)4-3-7-5-14-11(13)9(7)10/h3-4,6,12-13H,5H2,1-2H3. The summed E-state index contributed by atoms with van der Waals surface area (Å²) in [5.74, 6) is 0.361. The Morgan fingerprint density at radius 1 is 1.47 bits per heavy atom. The number of benzene rings is 1. The maximum atomic E-state index is 9.65. The molecule has 0 amide bonds. The van der Waals surface area contributed by atoms with Crippen LogP contribution in [0.3, 0.4) is 0 Å². The first-order chi connectivity index (χ1) is 7.09. The molecule has 0 saturated heterocycles. The molecule has 0 spiro atoms. The summed E-state index contributed by atoms with van der Waals surface area (Å²) in [6.07, 6.45) is -0.0600. The van der Waals surface area contributed by atoms with Crippen LogP contribution in [0.15, 0.2) is 12.1 Å². The second kappa shape index (κ2) is 3.75. The fourth-order valence-corrected chi connectivity index (χ4v) is 1.64. The molecule has 1 aromatic carbocycles. The van der Waals surface area contributed by atoms with Gasteiger partial charge >= 0.3 is 7.12 Å². The van der Waals surface area contributed by atoms with E-state index in [0.717, 1.165) is 5.56 Å². The molecule has 0 bridgehead atoms. The molecular weight excluding hydrogens is 195 g/mol. The molecule has 80 valence electrons. The summed E-state index contributed by atoms with van der Waals surface area (Å²) in [4.78, 5) is 0. The summed E-state index contributed by atoms with van der Waals surface area (Å²) in [7, 11) is -0.999. The smallest absolute Gasteiger partial charge is 0.495 e. The Labute approximate surface area is 88.6 Å². The molecule has 1 aliphatic rings. The van der Waals surface area contributed by atoms with Gasteiger partial charge in [-0.3, -0.25) is 0 Å².